The lowest BCUT2D eigenvalue weighted by Crippen LogP contribution is -2.71. The summed E-state index contributed by atoms with van der Waals surface area (Å²) in [6.07, 6.45) is 3.58. The number of esters is 1. The van der Waals surface area contributed by atoms with Crippen LogP contribution in [0.1, 0.15) is 25.8 Å². The van der Waals surface area contributed by atoms with Crippen molar-refractivity contribution < 1.29 is 19.1 Å². The third-order valence-electron chi connectivity index (χ3n) is 4.83. The van der Waals surface area contributed by atoms with Crippen LogP contribution in [0, 0.1) is 6.92 Å². The average molecular weight is 508 g/mol. The van der Waals surface area contributed by atoms with Crippen molar-refractivity contribution in [3.63, 3.8) is 0 Å². The molecule has 2 aliphatic rings. The fourth-order valence-corrected chi connectivity index (χ4v) is 6.76. The van der Waals surface area contributed by atoms with Crippen LogP contribution in [0.2, 0.25) is 0 Å². The lowest BCUT2D eigenvalue weighted by atomic mass is 10.0. The summed E-state index contributed by atoms with van der Waals surface area (Å²) in [4.78, 5) is 40.1. The number of thioether (sulfide) groups is 2. The maximum atomic E-state index is 13.1. The van der Waals surface area contributed by atoms with Crippen LogP contribution < -0.4 is 5.32 Å². The Hall–Kier alpha value is -2.31. The van der Waals surface area contributed by atoms with E-state index >= 15 is 0 Å². The number of aryl methyl sites for hydroxylation is 1. The summed E-state index contributed by atoms with van der Waals surface area (Å²) in [7, 11) is 0. The van der Waals surface area contributed by atoms with E-state index in [4.69, 9.17) is 4.74 Å². The minimum Gasteiger partial charge on any atom is -0.455 e. The fraction of sp³-hybridized carbons (Fsp3) is 0.476. The Kier molecular flexibility index (Phi) is 6.87. The molecular weight excluding hydrogens is 482 g/mol. The minimum atomic E-state index is -0.697. The molecule has 4 rings (SSSR count). The maximum Gasteiger partial charge on any atom is 0.355 e. The zero-order valence-corrected chi connectivity index (χ0v) is 21.2. The number of β-lactam (4-membered cyclic amide) rings is 1. The Bertz CT molecular complexity index is 1090. The zero-order chi connectivity index (χ0) is 23.8. The molecule has 0 aliphatic carbocycles. The lowest BCUT2D eigenvalue weighted by molar-refractivity contribution is -0.159. The summed E-state index contributed by atoms with van der Waals surface area (Å²) >= 11 is 4.50. The highest BCUT2D eigenvalue weighted by Crippen LogP contribution is 2.42. The maximum absolute atomic E-state index is 13.1. The molecule has 2 unspecified atom stereocenters. The van der Waals surface area contributed by atoms with E-state index in [1.807, 2.05) is 19.1 Å². The number of rotatable bonds is 7. The Balaban J connectivity index is 1.51. The van der Waals surface area contributed by atoms with Crippen molar-refractivity contribution in [2.75, 3.05) is 11.5 Å². The van der Waals surface area contributed by atoms with Crippen LogP contribution in [0.25, 0.3) is 0 Å². The molecule has 1 fully saturated rings. The van der Waals surface area contributed by atoms with Crippen LogP contribution in [0.5, 0.6) is 0 Å². The first-order valence-corrected chi connectivity index (χ1v) is 13.2. The topological polar surface area (TPSA) is 106 Å². The number of amides is 2. The van der Waals surface area contributed by atoms with Crippen molar-refractivity contribution in [2.45, 2.75) is 55.6 Å². The number of ether oxygens (including phenoxy) is 1. The van der Waals surface area contributed by atoms with Gasteiger partial charge in [-0.1, -0.05) is 23.1 Å². The van der Waals surface area contributed by atoms with Crippen molar-refractivity contribution in [2.24, 2.45) is 0 Å². The molecule has 0 radical (unpaired) electrons. The van der Waals surface area contributed by atoms with E-state index < -0.39 is 17.6 Å². The number of hydrogen-bond donors (Lipinski definition) is 1. The molecule has 4 heterocycles. The van der Waals surface area contributed by atoms with Crippen LogP contribution in [0.4, 0.5) is 0 Å². The third kappa shape index (κ3) is 5.44. The second-order valence-electron chi connectivity index (χ2n) is 8.64. The number of carbonyl (C=O) groups is 3. The number of aromatic nitrogens is 3. The molecule has 0 bridgehead atoms. The first kappa shape index (κ1) is 23.8. The number of fused-ring (bicyclic) bond motifs is 1. The molecule has 33 heavy (non-hydrogen) atoms. The summed E-state index contributed by atoms with van der Waals surface area (Å²) in [6, 6.07) is 3.00. The molecule has 2 aliphatic heterocycles. The molecule has 2 amide bonds. The quantitative estimate of drug-likeness (QED) is 0.346. The van der Waals surface area contributed by atoms with Crippen molar-refractivity contribution in [3.8, 4) is 0 Å². The van der Waals surface area contributed by atoms with Gasteiger partial charge in [0.15, 0.2) is 4.34 Å². The SMILES string of the molecule is Cc1nnc(SCC2=C(C(=O)OC(C)(C)C)N3C(=O)C(NC(=O)Cn4cccc4)C3SC2)s1. The number of hydrogen-bond acceptors (Lipinski definition) is 9. The van der Waals surface area contributed by atoms with Gasteiger partial charge in [-0.25, -0.2) is 4.79 Å². The molecule has 176 valence electrons. The molecule has 2 aromatic heterocycles. The average Bonchev–Trinajstić information content (AvgIpc) is 3.39. The van der Waals surface area contributed by atoms with Crippen LogP contribution in [0.3, 0.4) is 0 Å². The van der Waals surface area contributed by atoms with Crippen molar-refractivity contribution >= 4 is 52.6 Å². The summed E-state index contributed by atoms with van der Waals surface area (Å²) in [5.74, 6) is -0.0270. The fourth-order valence-electron chi connectivity index (χ4n) is 3.46. The summed E-state index contributed by atoms with van der Waals surface area (Å²) in [6.45, 7) is 7.40. The summed E-state index contributed by atoms with van der Waals surface area (Å²) in [5, 5.41) is 11.5. The van der Waals surface area contributed by atoms with E-state index in [0.29, 0.717) is 11.5 Å². The molecule has 0 aromatic carbocycles. The molecular formula is C21H25N5O4S3. The van der Waals surface area contributed by atoms with E-state index in [2.05, 4.69) is 15.5 Å². The normalized spacial score (nSPS) is 20.4. The second kappa shape index (κ2) is 9.51. The highest BCUT2D eigenvalue weighted by atomic mass is 32.2. The Morgan fingerprint density at radius 1 is 1.27 bits per heavy atom. The van der Waals surface area contributed by atoms with Gasteiger partial charge in [0.2, 0.25) is 5.91 Å². The molecule has 12 heteroatoms. The smallest absolute Gasteiger partial charge is 0.355 e. The first-order valence-electron chi connectivity index (χ1n) is 10.4. The Labute approximate surface area is 204 Å². The van der Waals surface area contributed by atoms with Gasteiger partial charge in [0.1, 0.15) is 34.3 Å². The van der Waals surface area contributed by atoms with Crippen LogP contribution in [-0.4, -0.2) is 66.0 Å². The van der Waals surface area contributed by atoms with Crippen molar-refractivity contribution in [1.82, 2.24) is 25.0 Å². The minimum absolute atomic E-state index is 0.131. The van der Waals surface area contributed by atoms with E-state index in [1.54, 1.807) is 37.7 Å². The predicted molar refractivity (Wildman–Crippen MR) is 128 cm³/mol. The molecule has 1 N–H and O–H groups in total. The van der Waals surface area contributed by atoms with Crippen molar-refractivity contribution in [1.29, 1.82) is 0 Å². The van der Waals surface area contributed by atoms with Crippen molar-refractivity contribution in [3.05, 3.63) is 40.8 Å². The van der Waals surface area contributed by atoms with Gasteiger partial charge in [-0.3, -0.25) is 14.5 Å². The Morgan fingerprint density at radius 3 is 2.64 bits per heavy atom. The molecule has 1 saturated heterocycles. The zero-order valence-electron chi connectivity index (χ0n) is 18.7. The summed E-state index contributed by atoms with van der Waals surface area (Å²) in [5.41, 5.74) is 0.397. The van der Waals surface area contributed by atoms with E-state index in [0.717, 1.165) is 14.9 Å². The Morgan fingerprint density at radius 2 is 2.00 bits per heavy atom. The van der Waals surface area contributed by atoms with Gasteiger partial charge >= 0.3 is 5.97 Å². The molecule has 2 aromatic rings. The lowest BCUT2D eigenvalue weighted by Gasteiger charge is -2.50. The molecule has 0 spiro atoms. The van der Waals surface area contributed by atoms with Gasteiger partial charge in [-0.05, 0) is 45.4 Å². The predicted octanol–water partition coefficient (Wildman–Crippen LogP) is 2.44. The van der Waals surface area contributed by atoms with Gasteiger partial charge in [0, 0.05) is 23.9 Å². The third-order valence-corrected chi connectivity index (χ3v) is 8.22. The monoisotopic (exact) mass is 507 g/mol. The van der Waals surface area contributed by atoms with Gasteiger partial charge in [0.05, 0.1) is 0 Å². The number of nitrogens with zero attached hydrogens (tertiary/aromatic N) is 4. The van der Waals surface area contributed by atoms with Crippen LogP contribution in [-0.2, 0) is 25.7 Å². The molecule has 9 nitrogen and oxygen atoms in total. The standard InChI is InChI=1S/C21H25N5O4S3/c1-12-23-24-20(33-12)32-11-13-10-31-18-15(22-14(27)9-25-7-5-6-8-25)17(28)26(18)16(13)19(29)30-21(2,3)4/h5-8,15,18H,9-11H2,1-4H3,(H,22,27). The number of carbonyl (C=O) groups excluding carboxylic acids is 3. The largest absolute Gasteiger partial charge is 0.455 e. The van der Waals surface area contributed by atoms with Gasteiger partial charge in [0.25, 0.3) is 5.91 Å². The van der Waals surface area contributed by atoms with E-state index in [1.165, 1.54) is 39.8 Å². The van der Waals surface area contributed by atoms with Crippen LogP contribution in [0.15, 0.2) is 40.1 Å². The second-order valence-corrected chi connectivity index (χ2v) is 12.1. The van der Waals surface area contributed by atoms with Gasteiger partial charge in [-0.2, -0.15) is 0 Å². The number of nitrogens with one attached hydrogen (secondary N) is 1. The summed E-state index contributed by atoms with van der Waals surface area (Å²) < 4.78 is 8.17. The molecule has 2 atom stereocenters. The van der Waals surface area contributed by atoms with Crippen LogP contribution >= 0.6 is 34.9 Å². The highest BCUT2D eigenvalue weighted by molar-refractivity contribution is 8.01. The van der Waals surface area contributed by atoms with E-state index in [-0.39, 0.29) is 29.4 Å². The molecule has 0 saturated carbocycles. The van der Waals surface area contributed by atoms with E-state index in [9.17, 15) is 14.4 Å². The van der Waals surface area contributed by atoms with Gasteiger partial charge < -0.3 is 14.6 Å². The van der Waals surface area contributed by atoms with Gasteiger partial charge in [-0.15, -0.1) is 22.0 Å². The first-order chi connectivity index (χ1) is 15.6. The highest BCUT2D eigenvalue weighted by Gasteiger charge is 2.54.